The van der Waals surface area contributed by atoms with E-state index in [0.29, 0.717) is 6.42 Å². The molecular formula is C28H30F3N3O3S. The second-order valence-electron chi connectivity index (χ2n) is 9.57. The fourth-order valence-corrected chi connectivity index (χ4v) is 7.12. The molecule has 3 aromatic rings. The van der Waals surface area contributed by atoms with Crippen LogP contribution in [0.15, 0.2) is 82.1 Å². The van der Waals surface area contributed by atoms with Gasteiger partial charge < -0.3 is 14.7 Å². The summed E-state index contributed by atoms with van der Waals surface area (Å²) in [5.41, 5.74) is 4.53. The highest BCUT2D eigenvalue weighted by Gasteiger charge is 2.39. The van der Waals surface area contributed by atoms with Crippen LogP contribution in [0.5, 0.6) is 5.75 Å². The molecule has 1 heterocycles. The minimum atomic E-state index is -4.82. The van der Waals surface area contributed by atoms with Crippen LogP contribution in [0.2, 0.25) is 0 Å². The largest absolute Gasteiger partial charge is 0.573 e. The van der Waals surface area contributed by atoms with E-state index in [9.17, 15) is 22.5 Å². The number of ether oxygens (including phenoxy) is 1. The maximum Gasteiger partial charge on any atom is 0.573 e. The first-order valence-electron chi connectivity index (χ1n) is 12.6. The number of aliphatic hydroxyl groups is 1. The number of nitrogens with one attached hydrogen (secondary N) is 1. The predicted octanol–water partition coefficient (Wildman–Crippen LogP) is 5.77. The molecule has 38 heavy (non-hydrogen) atoms. The number of aliphatic hydroxyl groups excluding tert-OH is 1. The second-order valence-corrected chi connectivity index (χ2v) is 11.7. The van der Waals surface area contributed by atoms with Crippen molar-refractivity contribution in [2.75, 3.05) is 11.9 Å². The molecule has 1 saturated carbocycles. The number of alkyl halides is 3. The van der Waals surface area contributed by atoms with Crippen molar-refractivity contribution in [3.63, 3.8) is 0 Å². The average molecular weight is 546 g/mol. The highest BCUT2D eigenvalue weighted by molar-refractivity contribution is 7.91. The topological polar surface area (TPSA) is 74.2 Å². The van der Waals surface area contributed by atoms with Gasteiger partial charge in [-0.1, -0.05) is 36.4 Å². The molecule has 1 fully saturated rings. The lowest BCUT2D eigenvalue weighted by Gasteiger charge is -2.43. The third-order valence-corrected chi connectivity index (χ3v) is 9.31. The maximum absolute atomic E-state index is 13.8. The minimum absolute atomic E-state index is 0.217. The summed E-state index contributed by atoms with van der Waals surface area (Å²) in [5.74, 6) is -0.407. The number of halogens is 3. The molecule has 10 heteroatoms. The summed E-state index contributed by atoms with van der Waals surface area (Å²) in [7, 11) is -1.83. The number of hydrogen-bond acceptors (Lipinski definition) is 5. The monoisotopic (exact) mass is 545 g/mol. The average Bonchev–Trinajstić information content (AvgIpc) is 3.06. The number of hydrogen-bond donors (Lipinski definition) is 2. The Labute approximate surface area is 220 Å². The van der Waals surface area contributed by atoms with E-state index in [1.165, 1.54) is 30.3 Å². The van der Waals surface area contributed by atoms with Crippen molar-refractivity contribution in [2.24, 2.45) is 4.36 Å². The minimum Gasteiger partial charge on any atom is -0.406 e. The molecule has 4 unspecified atom stereocenters. The van der Waals surface area contributed by atoms with Crippen LogP contribution in [-0.2, 0) is 22.8 Å². The summed E-state index contributed by atoms with van der Waals surface area (Å²) >= 11 is 0. The van der Waals surface area contributed by atoms with Gasteiger partial charge in [-0.05, 0) is 79.6 Å². The molecule has 4 atom stereocenters. The molecular weight excluding hydrogens is 515 g/mol. The molecule has 1 aliphatic heterocycles. The van der Waals surface area contributed by atoms with Crippen molar-refractivity contribution in [2.45, 2.75) is 61.5 Å². The first-order valence-corrected chi connectivity index (χ1v) is 14.1. The quantitative estimate of drug-likeness (QED) is 0.427. The first-order chi connectivity index (χ1) is 18.2. The lowest BCUT2D eigenvalue weighted by molar-refractivity contribution is -0.274. The smallest absolute Gasteiger partial charge is 0.406 e. The number of para-hydroxylation sites is 2. The molecule has 6 nitrogen and oxygen atoms in total. The zero-order valence-electron chi connectivity index (χ0n) is 20.9. The number of aryl methyl sites for hydroxylation is 2. The fraction of sp³-hybridized carbons (Fsp3) is 0.357. The highest BCUT2D eigenvalue weighted by Crippen LogP contribution is 2.41. The van der Waals surface area contributed by atoms with Crippen molar-refractivity contribution in [3.05, 3.63) is 83.9 Å². The van der Waals surface area contributed by atoms with E-state index in [1.54, 1.807) is 0 Å². The maximum atomic E-state index is 13.8. The van der Waals surface area contributed by atoms with Crippen LogP contribution in [0.3, 0.4) is 0 Å². The number of rotatable bonds is 5. The van der Waals surface area contributed by atoms with E-state index in [0.717, 1.165) is 49.2 Å². The number of nitrogens with zero attached hydrogens (tertiary/aromatic N) is 2. The van der Waals surface area contributed by atoms with Crippen LogP contribution in [0.25, 0.3) is 0 Å². The molecule has 0 radical (unpaired) electrons. The zero-order chi connectivity index (χ0) is 26.9. The van der Waals surface area contributed by atoms with E-state index in [2.05, 4.69) is 43.0 Å². The standard InChI is InChI=1S/C28H30F3N3O3S/c1-32-38(36,22-17-15-21(16-18-22)37-28(29,30)31)33-23-9-6-12-26(27(23)35)34-24-10-4-2-7-19(24)13-14-20-8-3-5-11-25(20)34/h2-5,7-8,10-11,15-18,23,26-27,35H,6,9,12-14H2,1H3,(H,32,33,36). The fourth-order valence-electron chi connectivity index (χ4n) is 5.50. The molecule has 0 aromatic heterocycles. The summed E-state index contributed by atoms with van der Waals surface area (Å²) in [6.45, 7) is 0. The van der Waals surface area contributed by atoms with Gasteiger partial charge in [0.25, 0.3) is 0 Å². The van der Waals surface area contributed by atoms with Crippen LogP contribution in [0.4, 0.5) is 24.5 Å². The van der Waals surface area contributed by atoms with E-state index in [1.807, 2.05) is 24.3 Å². The van der Waals surface area contributed by atoms with Crippen molar-refractivity contribution in [1.82, 2.24) is 4.72 Å². The van der Waals surface area contributed by atoms with Gasteiger partial charge in [0.05, 0.1) is 17.0 Å². The molecule has 5 rings (SSSR count). The molecule has 2 N–H and O–H groups in total. The Balaban J connectivity index is 1.44. The summed E-state index contributed by atoms with van der Waals surface area (Å²) < 4.78 is 62.6. The van der Waals surface area contributed by atoms with Crippen LogP contribution in [-0.4, -0.2) is 40.9 Å². The summed E-state index contributed by atoms with van der Waals surface area (Å²) in [4.78, 5) is 2.44. The van der Waals surface area contributed by atoms with Gasteiger partial charge in [-0.25, -0.2) is 13.3 Å². The lowest BCUT2D eigenvalue weighted by atomic mass is 9.86. The summed E-state index contributed by atoms with van der Waals surface area (Å²) in [5, 5.41) is 11.7. The van der Waals surface area contributed by atoms with Crippen LogP contribution < -0.4 is 14.4 Å². The molecule has 0 spiro atoms. The van der Waals surface area contributed by atoms with E-state index < -0.39 is 34.2 Å². The predicted molar refractivity (Wildman–Crippen MR) is 141 cm³/mol. The summed E-state index contributed by atoms with van der Waals surface area (Å²) in [6, 6.07) is 20.5. The molecule has 2 aliphatic rings. The number of anilines is 2. The Morgan fingerprint density at radius 2 is 1.53 bits per heavy atom. The molecule has 202 valence electrons. The van der Waals surface area contributed by atoms with Gasteiger partial charge in [-0.2, -0.15) is 0 Å². The van der Waals surface area contributed by atoms with Gasteiger partial charge in [0.15, 0.2) is 0 Å². The molecule has 3 aromatic carbocycles. The van der Waals surface area contributed by atoms with Crippen molar-refractivity contribution in [3.8, 4) is 5.75 Å². The Morgan fingerprint density at radius 1 is 0.947 bits per heavy atom. The normalized spacial score (nSPS) is 23.0. The Hall–Kier alpha value is -3.08. The second kappa shape index (κ2) is 10.6. The van der Waals surface area contributed by atoms with E-state index >= 15 is 0 Å². The first kappa shape index (κ1) is 26.5. The SMILES string of the molecule is CN=S(=O)(NC1CCCC(N2c3ccccc3CCc3ccccc32)C1O)c1ccc(OC(F)(F)F)cc1. The van der Waals surface area contributed by atoms with Gasteiger partial charge in [0.2, 0.25) is 0 Å². The van der Waals surface area contributed by atoms with E-state index in [-0.39, 0.29) is 10.9 Å². The molecule has 1 aliphatic carbocycles. The van der Waals surface area contributed by atoms with E-state index in [4.69, 9.17) is 0 Å². The van der Waals surface area contributed by atoms with Gasteiger partial charge in [-0.15, -0.1) is 13.2 Å². The van der Waals surface area contributed by atoms with Gasteiger partial charge in [0.1, 0.15) is 15.7 Å². The Morgan fingerprint density at radius 3 is 2.08 bits per heavy atom. The Bertz CT molecular complexity index is 1360. The summed E-state index contributed by atoms with van der Waals surface area (Å²) in [6.07, 6.45) is -1.79. The van der Waals surface area contributed by atoms with Crippen LogP contribution >= 0.6 is 0 Å². The third-order valence-electron chi connectivity index (χ3n) is 7.26. The van der Waals surface area contributed by atoms with Gasteiger partial charge in [0, 0.05) is 24.5 Å². The molecule has 0 amide bonds. The highest BCUT2D eigenvalue weighted by atomic mass is 32.2. The van der Waals surface area contributed by atoms with Crippen molar-refractivity contribution in [1.29, 1.82) is 0 Å². The van der Waals surface area contributed by atoms with Crippen molar-refractivity contribution < 1.29 is 27.2 Å². The number of benzene rings is 3. The lowest BCUT2D eigenvalue weighted by Crippen LogP contribution is -2.55. The molecule has 0 bridgehead atoms. The van der Waals surface area contributed by atoms with Crippen LogP contribution in [0, 0.1) is 0 Å². The van der Waals surface area contributed by atoms with Crippen molar-refractivity contribution >= 4 is 21.3 Å². The van der Waals surface area contributed by atoms with Crippen LogP contribution in [0.1, 0.15) is 30.4 Å². The third kappa shape index (κ3) is 5.39. The molecule has 0 saturated heterocycles. The van der Waals surface area contributed by atoms with Gasteiger partial charge in [-0.3, -0.25) is 0 Å². The zero-order valence-corrected chi connectivity index (χ0v) is 21.7. The van der Waals surface area contributed by atoms with Gasteiger partial charge >= 0.3 is 6.36 Å². The Kier molecular flexibility index (Phi) is 7.39. The number of fused-ring (bicyclic) bond motifs is 2.